The molecule has 2 fully saturated rings. The predicted molar refractivity (Wildman–Crippen MR) is 199 cm³/mol. The summed E-state index contributed by atoms with van der Waals surface area (Å²) in [6.45, 7) is -0.545. The molecule has 0 spiro atoms. The summed E-state index contributed by atoms with van der Waals surface area (Å²) in [5.41, 5.74) is 10.7. The van der Waals surface area contributed by atoms with Crippen molar-refractivity contribution in [3.63, 3.8) is 0 Å². The fraction of sp³-hybridized carbons (Fsp3) is 0.556. The molecule has 4 bridgehead atoms. The molecular weight excluding hydrogens is 702 g/mol. The molecule has 3 nitrogen and oxygen atoms in total. The van der Waals surface area contributed by atoms with E-state index in [2.05, 4.69) is 0 Å². The zero-order chi connectivity index (χ0) is 38.0. The average molecular weight is 755 g/mol. The molecule has 9 heteroatoms. The molecule has 0 amide bonds. The van der Waals surface area contributed by atoms with Crippen LogP contribution in [0.4, 0.5) is 26.3 Å². The maximum absolute atomic E-state index is 13.0. The van der Waals surface area contributed by atoms with Gasteiger partial charge in [0.1, 0.15) is 17.3 Å². The molecule has 0 saturated heterocycles. The van der Waals surface area contributed by atoms with Crippen molar-refractivity contribution in [2.75, 3.05) is 13.2 Å². The van der Waals surface area contributed by atoms with Gasteiger partial charge in [-0.3, -0.25) is 0 Å². The van der Waals surface area contributed by atoms with Crippen molar-refractivity contribution < 1.29 is 40.9 Å². The number of halogens is 6. The van der Waals surface area contributed by atoms with Gasteiger partial charge in [0.2, 0.25) is 0 Å². The van der Waals surface area contributed by atoms with Gasteiger partial charge in [-0.2, -0.15) is 26.3 Å². The van der Waals surface area contributed by atoms with Crippen LogP contribution in [0.2, 0.25) is 0 Å². The quantitative estimate of drug-likeness (QED) is 0.181. The molecule has 1 N–H and O–H groups in total. The third-order valence-corrected chi connectivity index (χ3v) is 12.5. The number of aromatic hydroxyl groups is 1. The van der Waals surface area contributed by atoms with E-state index in [-0.39, 0.29) is 23.5 Å². The number of phenols is 1. The van der Waals surface area contributed by atoms with Gasteiger partial charge in [0.15, 0.2) is 13.2 Å². The highest BCUT2D eigenvalue weighted by atomic mass is 19.4. The molecular formula is C45H52F6O3. The largest absolute Gasteiger partial charge is 0.508 e. The van der Waals surface area contributed by atoms with E-state index >= 15 is 0 Å². The number of ether oxygens (including phenoxy) is 2. The Morgan fingerprint density at radius 2 is 1.07 bits per heavy atom. The van der Waals surface area contributed by atoms with Crippen LogP contribution in [-0.2, 0) is 9.47 Å². The number of phenolic OH excluding ortho intramolecular Hbond substituents is 1. The topological polar surface area (TPSA) is 38.7 Å². The first-order chi connectivity index (χ1) is 25.8. The number of alkyl halides is 6. The SMILES string of the molecule is Cc1cccc(/C(OCC(F)(F)F)=C2/C3CCCC2C2=C(CCCC2)C3)c1.Oc1cccc(/C(OCC(F)(F)F)=C2/C3CCCC2C2=C(CCCC2)C3)c1. The Bertz CT molecular complexity index is 1680. The van der Waals surface area contributed by atoms with Crippen molar-refractivity contribution in [3.8, 4) is 5.75 Å². The summed E-state index contributed by atoms with van der Waals surface area (Å²) < 4.78 is 88.7. The highest BCUT2D eigenvalue weighted by Gasteiger charge is 2.42. The zero-order valence-corrected chi connectivity index (χ0v) is 31.2. The lowest BCUT2D eigenvalue weighted by Gasteiger charge is -2.43. The first-order valence-corrected chi connectivity index (χ1v) is 20.0. The van der Waals surface area contributed by atoms with E-state index in [4.69, 9.17) is 9.47 Å². The van der Waals surface area contributed by atoms with Gasteiger partial charge in [-0.15, -0.1) is 0 Å². The number of hydrogen-bond acceptors (Lipinski definition) is 3. The smallest absolute Gasteiger partial charge is 0.422 e. The van der Waals surface area contributed by atoms with Gasteiger partial charge in [0.05, 0.1) is 0 Å². The molecule has 0 radical (unpaired) electrons. The molecule has 0 heterocycles. The van der Waals surface area contributed by atoms with Crippen LogP contribution in [0.1, 0.15) is 119 Å². The summed E-state index contributed by atoms with van der Waals surface area (Å²) in [6.07, 6.45) is 8.98. The number of hydrogen-bond donors (Lipinski definition) is 1. The Balaban J connectivity index is 0.000000167. The number of benzene rings is 2. The molecule has 4 atom stereocenters. The van der Waals surface area contributed by atoms with E-state index in [1.807, 2.05) is 31.2 Å². The Kier molecular flexibility index (Phi) is 11.6. The molecule has 4 unspecified atom stereocenters. The molecule has 6 aliphatic rings. The Morgan fingerprint density at radius 3 is 1.54 bits per heavy atom. The van der Waals surface area contributed by atoms with Crippen molar-refractivity contribution in [2.24, 2.45) is 23.7 Å². The van der Waals surface area contributed by atoms with Crippen molar-refractivity contribution >= 4 is 11.5 Å². The summed E-state index contributed by atoms with van der Waals surface area (Å²) in [5, 5.41) is 9.87. The summed E-state index contributed by atoms with van der Waals surface area (Å²) >= 11 is 0. The third kappa shape index (κ3) is 8.91. The van der Waals surface area contributed by atoms with Gasteiger partial charge in [0.25, 0.3) is 0 Å². The van der Waals surface area contributed by atoms with Crippen molar-refractivity contribution in [1.29, 1.82) is 0 Å². The van der Waals surface area contributed by atoms with E-state index < -0.39 is 25.6 Å². The highest BCUT2D eigenvalue weighted by Crippen LogP contribution is 2.55. The lowest BCUT2D eigenvalue weighted by molar-refractivity contribution is -0.159. The lowest BCUT2D eigenvalue weighted by Crippen LogP contribution is -2.30. The first kappa shape index (κ1) is 38.6. The zero-order valence-electron chi connectivity index (χ0n) is 31.2. The average Bonchev–Trinajstić information content (AvgIpc) is 3.11. The second-order valence-corrected chi connectivity index (χ2v) is 16.2. The Hall–Kier alpha value is -3.62. The fourth-order valence-corrected chi connectivity index (χ4v) is 10.5. The van der Waals surface area contributed by atoms with Crippen LogP contribution in [-0.4, -0.2) is 30.7 Å². The lowest BCUT2D eigenvalue weighted by atomic mass is 9.62. The van der Waals surface area contributed by atoms with Crippen LogP contribution in [0.5, 0.6) is 5.75 Å². The molecule has 0 aromatic heterocycles. The minimum atomic E-state index is -4.39. The molecule has 2 aromatic carbocycles. The normalized spacial score (nSPS) is 27.2. The van der Waals surface area contributed by atoms with Gasteiger partial charge in [-0.05, 0) is 138 Å². The first-order valence-electron chi connectivity index (χ1n) is 20.0. The summed E-state index contributed by atoms with van der Waals surface area (Å²) in [5.74, 6) is 1.98. The summed E-state index contributed by atoms with van der Waals surface area (Å²) in [4.78, 5) is 0. The summed E-state index contributed by atoms with van der Waals surface area (Å²) in [7, 11) is 0. The standard InChI is InChI=1S/C23H27F3O.C22H25F3O2/c1-15-6-4-9-18(12-15)22(27-14-23(24,25)26)21-17-8-5-11-20(21)19-10-3-2-7-16(19)13-17;23-22(24,25)13-27-21(16-7-3-8-17(26)12-16)20-15-6-4-10-19(20)18-9-2-1-5-14(18)11-15/h4,6,9,12,17,20H,2-3,5,7-8,10-11,13-14H2,1H3;3,7-8,12,15,19,26H,1-2,4-6,9-11,13H2/b22-21+;21-20+. The molecule has 8 rings (SSSR count). The molecule has 54 heavy (non-hydrogen) atoms. The van der Waals surface area contributed by atoms with Crippen LogP contribution >= 0.6 is 0 Å². The Labute approximate surface area is 315 Å². The van der Waals surface area contributed by atoms with Crippen molar-refractivity contribution in [2.45, 2.75) is 122 Å². The van der Waals surface area contributed by atoms with E-state index in [1.54, 1.807) is 23.3 Å². The maximum atomic E-state index is 13.0. The van der Waals surface area contributed by atoms with Crippen molar-refractivity contribution in [1.82, 2.24) is 0 Å². The molecule has 2 saturated carbocycles. The minimum Gasteiger partial charge on any atom is -0.508 e. The van der Waals surface area contributed by atoms with Crippen LogP contribution in [0, 0.1) is 30.6 Å². The van der Waals surface area contributed by atoms with Crippen LogP contribution in [0.25, 0.3) is 11.5 Å². The van der Waals surface area contributed by atoms with Gasteiger partial charge in [0, 0.05) is 23.0 Å². The second kappa shape index (κ2) is 16.2. The van der Waals surface area contributed by atoms with Crippen LogP contribution in [0.15, 0.2) is 82.0 Å². The maximum Gasteiger partial charge on any atom is 0.422 e. The second-order valence-electron chi connectivity index (χ2n) is 16.2. The number of allylic oxidation sites excluding steroid dienone is 6. The number of aryl methyl sites for hydroxylation is 1. The predicted octanol–water partition coefficient (Wildman–Crippen LogP) is 13.3. The van der Waals surface area contributed by atoms with E-state index in [0.29, 0.717) is 23.0 Å². The Morgan fingerprint density at radius 1 is 0.611 bits per heavy atom. The van der Waals surface area contributed by atoms with Gasteiger partial charge < -0.3 is 14.6 Å². The van der Waals surface area contributed by atoms with Gasteiger partial charge >= 0.3 is 12.4 Å². The van der Waals surface area contributed by atoms with E-state index in [1.165, 1.54) is 49.0 Å². The monoisotopic (exact) mass is 754 g/mol. The molecule has 2 aromatic rings. The number of rotatable bonds is 6. The van der Waals surface area contributed by atoms with Crippen LogP contribution < -0.4 is 0 Å². The third-order valence-electron chi connectivity index (χ3n) is 12.5. The summed E-state index contributed by atoms with van der Waals surface area (Å²) in [6, 6.07) is 14.2. The van der Waals surface area contributed by atoms with E-state index in [0.717, 1.165) is 99.3 Å². The fourth-order valence-electron chi connectivity index (χ4n) is 10.5. The number of fused-ring (bicyclic) bond motifs is 6. The molecule has 292 valence electrons. The minimum absolute atomic E-state index is 0.0414. The van der Waals surface area contributed by atoms with E-state index in [9.17, 15) is 31.4 Å². The van der Waals surface area contributed by atoms with Gasteiger partial charge in [-0.1, -0.05) is 71.0 Å². The highest BCUT2D eigenvalue weighted by molar-refractivity contribution is 5.68. The molecule has 6 aliphatic carbocycles. The molecule has 0 aliphatic heterocycles. The van der Waals surface area contributed by atoms with Crippen molar-refractivity contribution in [3.05, 3.63) is 98.7 Å². The van der Waals surface area contributed by atoms with Crippen LogP contribution in [0.3, 0.4) is 0 Å². The van der Waals surface area contributed by atoms with Gasteiger partial charge in [-0.25, -0.2) is 0 Å².